The van der Waals surface area contributed by atoms with E-state index >= 15 is 0 Å². The third-order valence-electron chi connectivity index (χ3n) is 2.89. The summed E-state index contributed by atoms with van der Waals surface area (Å²) in [5.41, 5.74) is 5.85. The van der Waals surface area contributed by atoms with Crippen LogP contribution in [-0.4, -0.2) is 26.8 Å². The molecule has 0 aromatic heterocycles. The Balaban J connectivity index is 0.00000225. The average molecular weight is 271 g/mol. The fourth-order valence-electron chi connectivity index (χ4n) is 2.10. The van der Waals surface area contributed by atoms with Crippen LogP contribution >= 0.6 is 12.4 Å². The highest BCUT2D eigenvalue weighted by atomic mass is 35.5. The van der Waals surface area contributed by atoms with Gasteiger partial charge in [-0.3, -0.25) is 0 Å². The first kappa shape index (κ1) is 16.2. The van der Waals surface area contributed by atoms with Crippen LogP contribution < -0.4 is 10.5 Å². The maximum absolute atomic E-state index is 11.4. The van der Waals surface area contributed by atoms with Crippen molar-refractivity contribution in [3.63, 3.8) is 0 Å². The molecule has 0 amide bonds. The van der Waals surface area contributed by atoms with E-state index in [0.29, 0.717) is 18.9 Å². The summed E-state index contributed by atoms with van der Waals surface area (Å²) in [7, 11) is -3.04. The summed E-state index contributed by atoms with van der Waals surface area (Å²) in [4.78, 5) is 0. The topological polar surface area (TPSA) is 72.2 Å². The van der Waals surface area contributed by atoms with E-state index in [1.54, 1.807) is 0 Å². The van der Waals surface area contributed by atoms with Crippen LogP contribution in [0, 0.1) is 5.92 Å². The minimum absolute atomic E-state index is 0. The molecule has 2 unspecified atom stereocenters. The quantitative estimate of drug-likeness (QED) is 0.790. The van der Waals surface area contributed by atoms with Crippen molar-refractivity contribution in [2.24, 2.45) is 11.7 Å². The van der Waals surface area contributed by atoms with Gasteiger partial charge in [0.05, 0.1) is 5.75 Å². The first-order valence-corrected chi connectivity index (χ1v) is 7.41. The smallest absolute Gasteiger partial charge is 0.211 e. The Morgan fingerprint density at radius 1 is 1.38 bits per heavy atom. The number of hydrogen-bond donors (Lipinski definition) is 2. The summed E-state index contributed by atoms with van der Waals surface area (Å²) < 4.78 is 25.5. The number of nitrogens with two attached hydrogens (primary N) is 1. The van der Waals surface area contributed by atoms with Crippen LogP contribution in [0.1, 0.15) is 39.0 Å². The van der Waals surface area contributed by atoms with Crippen LogP contribution in [0.3, 0.4) is 0 Å². The van der Waals surface area contributed by atoms with Crippen molar-refractivity contribution in [3.05, 3.63) is 0 Å². The molecule has 4 nitrogen and oxygen atoms in total. The van der Waals surface area contributed by atoms with Crippen LogP contribution in [0.15, 0.2) is 0 Å². The molecule has 98 valence electrons. The molecule has 1 rings (SSSR count). The fourth-order valence-corrected chi connectivity index (χ4v) is 3.28. The second kappa shape index (κ2) is 7.48. The Kier molecular flexibility index (Phi) is 7.55. The lowest BCUT2D eigenvalue weighted by Crippen LogP contribution is -2.36. The Bertz CT molecular complexity index is 283. The van der Waals surface area contributed by atoms with Gasteiger partial charge < -0.3 is 5.73 Å². The first-order chi connectivity index (χ1) is 7.03. The normalized spacial score (nSPS) is 26.1. The number of halogens is 1. The van der Waals surface area contributed by atoms with Crippen molar-refractivity contribution in [1.82, 2.24) is 4.72 Å². The molecule has 1 fully saturated rings. The van der Waals surface area contributed by atoms with Crippen molar-refractivity contribution in [3.8, 4) is 0 Å². The first-order valence-electron chi connectivity index (χ1n) is 5.76. The number of sulfonamides is 1. The van der Waals surface area contributed by atoms with Gasteiger partial charge in [-0.2, -0.15) is 0 Å². The van der Waals surface area contributed by atoms with Gasteiger partial charge >= 0.3 is 0 Å². The lowest BCUT2D eigenvalue weighted by Gasteiger charge is -2.26. The minimum Gasteiger partial charge on any atom is -0.328 e. The molecule has 1 aliphatic rings. The van der Waals surface area contributed by atoms with Gasteiger partial charge in [-0.1, -0.05) is 13.3 Å². The fraction of sp³-hybridized carbons (Fsp3) is 1.00. The van der Waals surface area contributed by atoms with Crippen LogP contribution in [0.4, 0.5) is 0 Å². The van der Waals surface area contributed by atoms with Crippen LogP contribution in [-0.2, 0) is 10.0 Å². The SMILES string of the molecule is CCCS(=O)(=O)NCC1CCCC(N)C1.Cl. The van der Waals surface area contributed by atoms with E-state index in [-0.39, 0.29) is 24.2 Å². The molecule has 0 aromatic carbocycles. The molecule has 1 aliphatic carbocycles. The molecular formula is C10H23ClN2O2S. The van der Waals surface area contributed by atoms with E-state index in [9.17, 15) is 8.42 Å². The number of rotatable bonds is 5. The predicted molar refractivity (Wildman–Crippen MR) is 69.3 cm³/mol. The highest BCUT2D eigenvalue weighted by Crippen LogP contribution is 2.22. The summed E-state index contributed by atoms with van der Waals surface area (Å²) in [5.74, 6) is 0.659. The molecule has 1 saturated carbocycles. The van der Waals surface area contributed by atoms with Gasteiger partial charge in [0.15, 0.2) is 0 Å². The third-order valence-corrected chi connectivity index (χ3v) is 4.44. The van der Waals surface area contributed by atoms with E-state index in [1.165, 1.54) is 0 Å². The van der Waals surface area contributed by atoms with E-state index in [2.05, 4.69) is 4.72 Å². The van der Waals surface area contributed by atoms with Crippen molar-refractivity contribution in [2.75, 3.05) is 12.3 Å². The number of nitrogens with one attached hydrogen (secondary N) is 1. The van der Waals surface area contributed by atoms with Gasteiger partial charge in [0, 0.05) is 12.6 Å². The van der Waals surface area contributed by atoms with Crippen molar-refractivity contribution < 1.29 is 8.42 Å². The van der Waals surface area contributed by atoms with E-state index in [0.717, 1.165) is 25.7 Å². The van der Waals surface area contributed by atoms with Crippen LogP contribution in [0.5, 0.6) is 0 Å². The summed E-state index contributed by atoms with van der Waals surface area (Å²) in [6.45, 7) is 2.44. The van der Waals surface area contributed by atoms with E-state index in [1.807, 2.05) is 6.92 Å². The second-order valence-corrected chi connectivity index (χ2v) is 6.39. The maximum atomic E-state index is 11.4. The minimum atomic E-state index is -3.04. The van der Waals surface area contributed by atoms with Crippen LogP contribution in [0.25, 0.3) is 0 Å². The Hall–Kier alpha value is 0.160. The molecule has 0 aliphatic heterocycles. The number of hydrogen-bond acceptors (Lipinski definition) is 3. The van der Waals surface area contributed by atoms with Gasteiger partial charge in [0.25, 0.3) is 0 Å². The highest BCUT2D eigenvalue weighted by molar-refractivity contribution is 7.89. The van der Waals surface area contributed by atoms with E-state index < -0.39 is 10.0 Å². The van der Waals surface area contributed by atoms with Gasteiger partial charge in [0.1, 0.15) is 0 Å². The van der Waals surface area contributed by atoms with Gasteiger partial charge in [-0.05, 0) is 31.6 Å². The monoisotopic (exact) mass is 270 g/mol. The molecule has 0 aromatic rings. The van der Waals surface area contributed by atoms with Crippen molar-refractivity contribution in [2.45, 2.75) is 45.1 Å². The van der Waals surface area contributed by atoms with Crippen LogP contribution in [0.2, 0.25) is 0 Å². The maximum Gasteiger partial charge on any atom is 0.211 e. The predicted octanol–water partition coefficient (Wildman–Crippen LogP) is 1.26. The van der Waals surface area contributed by atoms with Gasteiger partial charge in [-0.25, -0.2) is 13.1 Å². The van der Waals surface area contributed by atoms with Gasteiger partial charge in [0.2, 0.25) is 10.0 Å². The average Bonchev–Trinajstić information content (AvgIpc) is 2.15. The molecule has 16 heavy (non-hydrogen) atoms. The summed E-state index contributed by atoms with van der Waals surface area (Å²) in [6, 6.07) is 0.263. The van der Waals surface area contributed by atoms with Crippen molar-refractivity contribution in [1.29, 1.82) is 0 Å². The lowest BCUT2D eigenvalue weighted by atomic mass is 9.86. The molecule has 0 heterocycles. The molecule has 3 N–H and O–H groups in total. The third kappa shape index (κ3) is 6.03. The zero-order chi connectivity index (χ0) is 11.3. The Morgan fingerprint density at radius 3 is 2.62 bits per heavy atom. The second-order valence-electron chi connectivity index (χ2n) is 4.46. The Labute approximate surface area is 105 Å². The van der Waals surface area contributed by atoms with E-state index in [4.69, 9.17) is 5.73 Å². The summed E-state index contributed by atoms with van der Waals surface area (Å²) in [6.07, 6.45) is 4.93. The molecule has 0 saturated heterocycles. The molecule has 6 heteroatoms. The molecule has 2 atom stereocenters. The standard InChI is InChI=1S/C10H22N2O2S.ClH/c1-2-6-15(13,14)12-8-9-4-3-5-10(11)7-9;/h9-10,12H,2-8,11H2,1H3;1H. The Morgan fingerprint density at radius 2 is 2.06 bits per heavy atom. The zero-order valence-corrected chi connectivity index (χ0v) is 11.4. The van der Waals surface area contributed by atoms with Gasteiger partial charge in [-0.15, -0.1) is 12.4 Å². The summed E-state index contributed by atoms with van der Waals surface area (Å²) >= 11 is 0. The molecule has 0 spiro atoms. The molecule has 0 bridgehead atoms. The summed E-state index contributed by atoms with van der Waals surface area (Å²) in [5, 5.41) is 0. The molecular weight excluding hydrogens is 248 g/mol. The highest BCUT2D eigenvalue weighted by Gasteiger charge is 2.20. The largest absolute Gasteiger partial charge is 0.328 e. The zero-order valence-electron chi connectivity index (χ0n) is 9.81. The molecule has 0 radical (unpaired) electrons. The lowest BCUT2D eigenvalue weighted by molar-refractivity contribution is 0.322. The van der Waals surface area contributed by atoms with Crippen molar-refractivity contribution >= 4 is 22.4 Å².